The molecule has 1 aromatic carbocycles. The van der Waals surface area contributed by atoms with Gasteiger partial charge in [0, 0.05) is 13.0 Å². The van der Waals surface area contributed by atoms with Gasteiger partial charge >= 0.3 is 0 Å². The molecule has 0 atom stereocenters. The van der Waals surface area contributed by atoms with Crippen LogP contribution in [0.15, 0.2) is 18.2 Å². The quantitative estimate of drug-likeness (QED) is 0.596. The Kier molecular flexibility index (Phi) is 2.89. The molecule has 4 heteroatoms. The molecule has 0 N–H and O–H groups in total. The van der Waals surface area contributed by atoms with Gasteiger partial charge in [-0.2, -0.15) is 4.74 Å². The molecule has 0 saturated carbocycles. The lowest BCUT2D eigenvalue weighted by atomic mass is 9.77. The Morgan fingerprint density at radius 1 is 1.39 bits per heavy atom. The Labute approximate surface area is 106 Å². The minimum absolute atomic E-state index is 0.0383. The highest BCUT2D eigenvalue weighted by molar-refractivity contribution is 6.17. The van der Waals surface area contributed by atoms with Gasteiger partial charge in [0.15, 0.2) is 11.5 Å². The van der Waals surface area contributed by atoms with E-state index >= 15 is 0 Å². The standard InChI is InChI=1S/C14H17NO3/c1-5-18-10-6-7-12-11(8-10)13(16)14(3,4)9(2)15(12)17/h6-8H,5H2,1-4H3. The molecule has 1 aromatic rings. The first kappa shape index (κ1) is 12.6. The van der Waals surface area contributed by atoms with Gasteiger partial charge in [-0.3, -0.25) is 4.79 Å². The minimum atomic E-state index is -0.764. The van der Waals surface area contributed by atoms with Gasteiger partial charge in [-0.25, -0.2) is 0 Å². The second-order valence-electron chi connectivity index (χ2n) is 4.95. The molecular weight excluding hydrogens is 230 g/mol. The first-order valence-electron chi connectivity index (χ1n) is 6.02. The summed E-state index contributed by atoms with van der Waals surface area (Å²) in [6, 6.07) is 5.01. The topological polar surface area (TPSA) is 52.4 Å². The van der Waals surface area contributed by atoms with E-state index in [0.29, 0.717) is 29.3 Å². The molecule has 0 spiro atoms. The summed E-state index contributed by atoms with van der Waals surface area (Å²) in [4.78, 5) is 12.4. The van der Waals surface area contributed by atoms with Crippen LogP contribution in [-0.4, -0.2) is 22.8 Å². The summed E-state index contributed by atoms with van der Waals surface area (Å²) in [6.07, 6.45) is 0. The molecule has 0 aliphatic carbocycles. The van der Waals surface area contributed by atoms with E-state index < -0.39 is 5.41 Å². The average Bonchev–Trinajstić information content (AvgIpc) is 2.35. The first-order valence-corrected chi connectivity index (χ1v) is 6.02. The predicted octanol–water partition coefficient (Wildman–Crippen LogP) is 2.91. The molecule has 1 aliphatic heterocycles. The summed E-state index contributed by atoms with van der Waals surface area (Å²) in [5.74, 6) is 0.581. The molecule has 18 heavy (non-hydrogen) atoms. The predicted molar refractivity (Wildman–Crippen MR) is 69.7 cm³/mol. The summed E-state index contributed by atoms with van der Waals surface area (Å²) in [5.41, 5.74) is 0.593. The summed E-state index contributed by atoms with van der Waals surface area (Å²) in [6.45, 7) is 7.65. The molecule has 1 aliphatic rings. The van der Waals surface area contributed by atoms with Gasteiger partial charge in [0.05, 0.1) is 12.2 Å². The molecule has 0 saturated heterocycles. The molecule has 0 unspecified atom stereocenters. The SMILES string of the molecule is CCOc1ccc2c(c1)C(=O)C(C)(C)C(C)=[N+]2[O-]. The van der Waals surface area contributed by atoms with Gasteiger partial charge in [-0.15, -0.1) is 0 Å². The number of carbonyl (C=O) groups is 1. The third kappa shape index (κ3) is 1.68. The van der Waals surface area contributed by atoms with Crippen LogP contribution >= 0.6 is 0 Å². The van der Waals surface area contributed by atoms with Crippen LogP contribution in [0.2, 0.25) is 0 Å². The second kappa shape index (κ2) is 4.12. The van der Waals surface area contributed by atoms with Crippen molar-refractivity contribution in [1.29, 1.82) is 0 Å². The monoisotopic (exact) mass is 247 g/mol. The minimum Gasteiger partial charge on any atom is -0.618 e. The fourth-order valence-corrected chi connectivity index (χ4v) is 2.07. The van der Waals surface area contributed by atoms with Crippen molar-refractivity contribution in [2.24, 2.45) is 5.41 Å². The zero-order valence-electron chi connectivity index (χ0n) is 11.1. The Bertz CT molecular complexity index is 544. The highest BCUT2D eigenvalue weighted by Gasteiger charge is 2.43. The number of carbonyl (C=O) groups excluding carboxylic acids is 1. The van der Waals surface area contributed by atoms with Crippen LogP contribution in [0.1, 0.15) is 38.1 Å². The van der Waals surface area contributed by atoms with E-state index in [1.54, 1.807) is 39.0 Å². The van der Waals surface area contributed by atoms with Crippen molar-refractivity contribution in [3.63, 3.8) is 0 Å². The van der Waals surface area contributed by atoms with Crippen molar-refractivity contribution in [3.05, 3.63) is 29.0 Å². The fourth-order valence-electron chi connectivity index (χ4n) is 2.07. The fraction of sp³-hybridized carbons (Fsp3) is 0.429. The number of fused-ring (bicyclic) bond motifs is 1. The lowest BCUT2D eigenvalue weighted by molar-refractivity contribution is -0.367. The van der Waals surface area contributed by atoms with Crippen LogP contribution in [0.5, 0.6) is 5.75 Å². The van der Waals surface area contributed by atoms with Crippen molar-refractivity contribution >= 4 is 17.2 Å². The molecule has 0 fully saturated rings. The van der Waals surface area contributed by atoms with Gasteiger partial charge in [0.25, 0.3) is 0 Å². The highest BCUT2D eigenvalue weighted by atomic mass is 16.5. The smallest absolute Gasteiger partial charge is 0.227 e. The van der Waals surface area contributed by atoms with Crippen LogP contribution in [0.25, 0.3) is 0 Å². The number of ketones is 1. The van der Waals surface area contributed by atoms with Gasteiger partial charge in [-0.05, 0) is 32.9 Å². The van der Waals surface area contributed by atoms with E-state index in [9.17, 15) is 10.0 Å². The Morgan fingerprint density at radius 2 is 2.06 bits per heavy atom. The van der Waals surface area contributed by atoms with E-state index in [0.717, 1.165) is 4.74 Å². The van der Waals surface area contributed by atoms with Crippen molar-refractivity contribution in [2.45, 2.75) is 27.7 Å². The Balaban J connectivity index is 2.63. The number of nitrogens with zero attached hydrogens (tertiary/aromatic N) is 1. The first-order chi connectivity index (χ1) is 8.39. The molecule has 1 heterocycles. The Hall–Kier alpha value is -1.84. The maximum absolute atomic E-state index is 12.4. The highest BCUT2D eigenvalue weighted by Crippen LogP contribution is 2.36. The van der Waals surface area contributed by atoms with Gasteiger partial charge in [0.2, 0.25) is 5.69 Å². The van der Waals surface area contributed by atoms with Crippen LogP contribution in [0.3, 0.4) is 0 Å². The zero-order valence-corrected chi connectivity index (χ0v) is 11.1. The maximum Gasteiger partial charge on any atom is 0.227 e. The molecule has 2 rings (SSSR count). The summed E-state index contributed by atoms with van der Waals surface area (Å²) < 4.78 is 6.21. The van der Waals surface area contributed by atoms with E-state index in [1.807, 2.05) is 6.92 Å². The number of benzene rings is 1. The average molecular weight is 247 g/mol. The van der Waals surface area contributed by atoms with Crippen LogP contribution in [-0.2, 0) is 0 Å². The molecule has 0 bridgehead atoms. The maximum atomic E-state index is 12.4. The zero-order chi connectivity index (χ0) is 13.5. The van der Waals surface area contributed by atoms with E-state index in [2.05, 4.69) is 0 Å². The summed E-state index contributed by atoms with van der Waals surface area (Å²) in [5, 5.41) is 12.1. The molecule has 96 valence electrons. The van der Waals surface area contributed by atoms with Gasteiger partial charge in [0.1, 0.15) is 11.2 Å². The third-order valence-electron chi connectivity index (χ3n) is 3.52. The molecule has 4 nitrogen and oxygen atoms in total. The van der Waals surface area contributed by atoms with Crippen molar-refractivity contribution in [3.8, 4) is 5.75 Å². The number of hydrogen-bond acceptors (Lipinski definition) is 3. The molecule has 0 aromatic heterocycles. The van der Waals surface area contributed by atoms with Crippen LogP contribution in [0, 0.1) is 10.6 Å². The largest absolute Gasteiger partial charge is 0.618 e. The lowest BCUT2D eigenvalue weighted by Gasteiger charge is -2.28. The van der Waals surface area contributed by atoms with Crippen molar-refractivity contribution in [2.75, 3.05) is 6.61 Å². The Morgan fingerprint density at radius 3 is 2.67 bits per heavy atom. The molecule has 0 amide bonds. The molecule has 0 radical (unpaired) electrons. The van der Waals surface area contributed by atoms with Crippen LogP contribution < -0.4 is 4.74 Å². The lowest BCUT2D eigenvalue weighted by Crippen LogP contribution is -2.39. The summed E-state index contributed by atoms with van der Waals surface area (Å²) in [7, 11) is 0. The van der Waals surface area contributed by atoms with E-state index in [1.165, 1.54) is 0 Å². The van der Waals surface area contributed by atoms with E-state index in [-0.39, 0.29) is 5.78 Å². The van der Waals surface area contributed by atoms with Crippen LogP contribution in [0.4, 0.5) is 5.69 Å². The van der Waals surface area contributed by atoms with Gasteiger partial charge < -0.3 is 9.94 Å². The van der Waals surface area contributed by atoms with E-state index in [4.69, 9.17) is 4.74 Å². The second-order valence-corrected chi connectivity index (χ2v) is 4.95. The number of rotatable bonds is 2. The number of ether oxygens (including phenoxy) is 1. The van der Waals surface area contributed by atoms with Gasteiger partial charge in [-0.1, -0.05) is 0 Å². The van der Waals surface area contributed by atoms with Crippen molar-refractivity contribution in [1.82, 2.24) is 0 Å². The normalized spacial score (nSPS) is 17.7. The third-order valence-corrected chi connectivity index (χ3v) is 3.52. The van der Waals surface area contributed by atoms with Crippen molar-refractivity contribution < 1.29 is 14.3 Å². The number of Topliss-reactive ketones (excluding diaryl/α,β-unsaturated/α-hetero) is 1. The summed E-state index contributed by atoms with van der Waals surface area (Å²) >= 11 is 0. The number of hydrogen-bond donors (Lipinski definition) is 0. The molecular formula is C14H17NO3.